The molecule has 0 radical (unpaired) electrons. The summed E-state index contributed by atoms with van der Waals surface area (Å²) in [5.41, 5.74) is 3.46. The molecule has 0 unspecified atom stereocenters. The Labute approximate surface area is 139 Å². The van der Waals surface area contributed by atoms with Crippen LogP contribution in [0.2, 0.25) is 0 Å². The second-order valence-corrected chi connectivity index (χ2v) is 5.34. The first-order valence-corrected chi connectivity index (χ1v) is 7.63. The van der Waals surface area contributed by atoms with Gasteiger partial charge in [-0.15, -0.1) is 0 Å². The largest absolute Gasteiger partial charge is 0.379 e. The molecule has 0 bridgehead atoms. The highest BCUT2D eigenvalue weighted by atomic mass is 19.1. The van der Waals surface area contributed by atoms with Crippen molar-refractivity contribution in [1.29, 1.82) is 0 Å². The van der Waals surface area contributed by atoms with Crippen molar-refractivity contribution in [2.45, 2.75) is 13.1 Å². The standard InChI is InChI=1S/C19H17F2N3/c20-14-4-8-16(9-5-14)22-12-18-2-1-3-19(24-18)13-23-17-10-6-15(21)7-11-17/h1-11,22-23H,12-13H2. The molecule has 1 aromatic heterocycles. The average Bonchev–Trinajstić information content (AvgIpc) is 2.61. The summed E-state index contributed by atoms with van der Waals surface area (Å²) in [7, 11) is 0. The van der Waals surface area contributed by atoms with Gasteiger partial charge in [-0.2, -0.15) is 0 Å². The van der Waals surface area contributed by atoms with E-state index in [0.29, 0.717) is 13.1 Å². The highest BCUT2D eigenvalue weighted by Crippen LogP contribution is 2.12. The molecule has 0 aliphatic heterocycles. The van der Waals surface area contributed by atoms with Gasteiger partial charge in [-0.1, -0.05) is 6.07 Å². The van der Waals surface area contributed by atoms with Crippen molar-refractivity contribution >= 4 is 11.4 Å². The molecule has 3 nitrogen and oxygen atoms in total. The lowest BCUT2D eigenvalue weighted by molar-refractivity contribution is 0.627. The fourth-order valence-corrected chi connectivity index (χ4v) is 2.25. The fourth-order valence-electron chi connectivity index (χ4n) is 2.25. The van der Waals surface area contributed by atoms with Crippen LogP contribution in [0.4, 0.5) is 20.2 Å². The smallest absolute Gasteiger partial charge is 0.123 e. The molecule has 5 heteroatoms. The molecular weight excluding hydrogens is 308 g/mol. The minimum Gasteiger partial charge on any atom is -0.379 e. The lowest BCUT2D eigenvalue weighted by atomic mass is 10.2. The second-order valence-electron chi connectivity index (χ2n) is 5.34. The summed E-state index contributed by atoms with van der Waals surface area (Å²) in [6.07, 6.45) is 0. The van der Waals surface area contributed by atoms with E-state index in [2.05, 4.69) is 15.6 Å². The Bertz CT molecular complexity index is 722. The van der Waals surface area contributed by atoms with Crippen molar-refractivity contribution in [3.8, 4) is 0 Å². The minimum absolute atomic E-state index is 0.257. The molecule has 1 heterocycles. The van der Waals surface area contributed by atoms with Gasteiger partial charge in [0.05, 0.1) is 24.5 Å². The van der Waals surface area contributed by atoms with Gasteiger partial charge in [0.2, 0.25) is 0 Å². The zero-order valence-corrected chi connectivity index (χ0v) is 13.0. The molecule has 122 valence electrons. The van der Waals surface area contributed by atoms with E-state index in [-0.39, 0.29) is 11.6 Å². The van der Waals surface area contributed by atoms with Gasteiger partial charge in [-0.25, -0.2) is 8.78 Å². The van der Waals surface area contributed by atoms with Crippen LogP contribution < -0.4 is 10.6 Å². The van der Waals surface area contributed by atoms with E-state index in [1.165, 1.54) is 24.3 Å². The Morgan fingerprint density at radius 1 is 0.625 bits per heavy atom. The SMILES string of the molecule is Fc1ccc(NCc2cccc(CNc3ccc(F)cc3)n2)cc1. The third kappa shape index (κ3) is 4.52. The van der Waals surface area contributed by atoms with Gasteiger partial charge in [-0.3, -0.25) is 4.98 Å². The number of halogens is 2. The highest BCUT2D eigenvalue weighted by molar-refractivity contribution is 5.44. The summed E-state index contributed by atoms with van der Waals surface area (Å²) in [6.45, 7) is 1.10. The van der Waals surface area contributed by atoms with Crippen LogP contribution in [0.15, 0.2) is 66.7 Å². The number of aromatic nitrogens is 1. The highest BCUT2D eigenvalue weighted by Gasteiger charge is 2.00. The zero-order chi connectivity index (χ0) is 16.8. The van der Waals surface area contributed by atoms with Gasteiger partial charge in [0, 0.05) is 11.4 Å². The summed E-state index contributed by atoms with van der Waals surface area (Å²) in [6, 6.07) is 18.2. The fraction of sp³-hybridized carbons (Fsp3) is 0.105. The summed E-state index contributed by atoms with van der Waals surface area (Å²) >= 11 is 0. The molecule has 0 aliphatic rings. The Hall–Kier alpha value is -2.95. The number of rotatable bonds is 6. The number of hydrogen-bond donors (Lipinski definition) is 2. The molecule has 0 amide bonds. The summed E-state index contributed by atoms with van der Waals surface area (Å²) < 4.78 is 25.8. The first-order chi connectivity index (χ1) is 11.7. The maximum Gasteiger partial charge on any atom is 0.123 e. The molecule has 0 saturated carbocycles. The third-order valence-corrected chi connectivity index (χ3v) is 3.50. The Morgan fingerprint density at radius 2 is 1.04 bits per heavy atom. The van der Waals surface area contributed by atoms with E-state index >= 15 is 0 Å². The van der Waals surface area contributed by atoms with Crippen molar-refractivity contribution in [3.63, 3.8) is 0 Å². The summed E-state index contributed by atoms with van der Waals surface area (Å²) in [4.78, 5) is 4.56. The number of hydrogen-bond acceptors (Lipinski definition) is 3. The quantitative estimate of drug-likeness (QED) is 0.696. The van der Waals surface area contributed by atoms with E-state index < -0.39 is 0 Å². The summed E-state index contributed by atoms with van der Waals surface area (Å²) in [5.74, 6) is -0.514. The molecule has 0 saturated heterocycles. The van der Waals surface area contributed by atoms with Crippen LogP contribution in [-0.4, -0.2) is 4.98 Å². The van der Waals surface area contributed by atoms with Crippen molar-refractivity contribution in [1.82, 2.24) is 4.98 Å². The topological polar surface area (TPSA) is 37.0 Å². The normalized spacial score (nSPS) is 10.4. The molecule has 24 heavy (non-hydrogen) atoms. The van der Waals surface area contributed by atoms with Gasteiger partial charge >= 0.3 is 0 Å². The number of nitrogens with zero attached hydrogens (tertiary/aromatic N) is 1. The van der Waals surface area contributed by atoms with Gasteiger partial charge < -0.3 is 10.6 Å². The predicted molar refractivity (Wildman–Crippen MR) is 91.7 cm³/mol. The molecule has 0 fully saturated rings. The van der Waals surface area contributed by atoms with Gasteiger partial charge in [0.1, 0.15) is 11.6 Å². The van der Waals surface area contributed by atoms with E-state index in [1.54, 1.807) is 24.3 Å². The lowest BCUT2D eigenvalue weighted by Gasteiger charge is -2.09. The van der Waals surface area contributed by atoms with Crippen molar-refractivity contribution in [3.05, 3.63) is 89.8 Å². The molecule has 0 atom stereocenters. The van der Waals surface area contributed by atoms with Gasteiger partial charge in [0.25, 0.3) is 0 Å². The first-order valence-electron chi connectivity index (χ1n) is 7.63. The third-order valence-electron chi connectivity index (χ3n) is 3.50. The Morgan fingerprint density at radius 3 is 1.46 bits per heavy atom. The Kier molecular flexibility index (Phi) is 5.01. The maximum absolute atomic E-state index is 12.9. The van der Waals surface area contributed by atoms with Crippen molar-refractivity contribution in [2.24, 2.45) is 0 Å². The molecule has 2 aromatic carbocycles. The number of nitrogens with one attached hydrogen (secondary N) is 2. The zero-order valence-electron chi connectivity index (χ0n) is 13.0. The van der Waals surface area contributed by atoms with Gasteiger partial charge in [-0.05, 0) is 60.7 Å². The number of benzene rings is 2. The number of anilines is 2. The van der Waals surface area contributed by atoms with Crippen LogP contribution in [0.25, 0.3) is 0 Å². The molecule has 0 spiro atoms. The predicted octanol–water partition coefficient (Wildman–Crippen LogP) is 4.58. The first kappa shape index (κ1) is 15.9. The molecule has 0 aliphatic carbocycles. The molecule has 3 aromatic rings. The molecular formula is C19H17F2N3. The van der Waals surface area contributed by atoms with Crippen LogP contribution >= 0.6 is 0 Å². The Balaban J connectivity index is 1.57. The lowest BCUT2D eigenvalue weighted by Crippen LogP contribution is -2.06. The van der Waals surface area contributed by atoms with E-state index in [4.69, 9.17) is 0 Å². The molecule has 3 rings (SSSR count). The monoisotopic (exact) mass is 325 g/mol. The van der Waals surface area contributed by atoms with Crippen LogP contribution in [0.1, 0.15) is 11.4 Å². The van der Waals surface area contributed by atoms with Crippen molar-refractivity contribution in [2.75, 3.05) is 10.6 Å². The second kappa shape index (κ2) is 7.55. The van der Waals surface area contributed by atoms with Crippen LogP contribution in [0, 0.1) is 11.6 Å². The minimum atomic E-state index is -0.257. The van der Waals surface area contributed by atoms with Crippen molar-refractivity contribution < 1.29 is 8.78 Å². The molecule has 2 N–H and O–H groups in total. The summed E-state index contributed by atoms with van der Waals surface area (Å²) in [5, 5.41) is 6.41. The maximum atomic E-state index is 12.9. The van der Waals surface area contributed by atoms with E-state index in [9.17, 15) is 8.78 Å². The van der Waals surface area contributed by atoms with E-state index in [1.807, 2.05) is 18.2 Å². The van der Waals surface area contributed by atoms with Crippen LogP contribution in [-0.2, 0) is 13.1 Å². The average molecular weight is 325 g/mol. The van der Waals surface area contributed by atoms with E-state index in [0.717, 1.165) is 22.8 Å². The number of pyridine rings is 1. The van der Waals surface area contributed by atoms with Crippen LogP contribution in [0.5, 0.6) is 0 Å². The van der Waals surface area contributed by atoms with Gasteiger partial charge in [0.15, 0.2) is 0 Å². The van der Waals surface area contributed by atoms with Crippen LogP contribution in [0.3, 0.4) is 0 Å².